The van der Waals surface area contributed by atoms with Gasteiger partial charge in [-0.05, 0) is 82.0 Å². The van der Waals surface area contributed by atoms with Gasteiger partial charge in [0.2, 0.25) is 0 Å². The van der Waals surface area contributed by atoms with Crippen molar-refractivity contribution >= 4 is 5.78 Å². The molecule has 0 aromatic heterocycles. The molecule has 3 saturated carbocycles. The van der Waals surface area contributed by atoms with Crippen molar-refractivity contribution in [2.75, 3.05) is 7.11 Å². The molecule has 0 aromatic rings. The number of aliphatic hydroxyl groups is 1. The van der Waals surface area contributed by atoms with Crippen molar-refractivity contribution in [2.45, 2.75) is 96.2 Å². The molecular weight excluding hydrogens is 392 g/mol. The van der Waals surface area contributed by atoms with Gasteiger partial charge in [0.1, 0.15) is 0 Å². The van der Waals surface area contributed by atoms with Crippen LogP contribution in [-0.2, 0) is 19.0 Å². The van der Waals surface area contributed by atoms with Crippen LogP contribution in [0.4, 0.5) is 0 Å². The van der Waals surface area contributed by atoms with Gasteiger partial charge in [-0.1, -0.05) is 25.5 Å². The van der Waals surface area contributed by atoms with Crippen LogP contribution in [0.3, 0.4) is 0 Å². The maximum atomic E-state index is 13.6. The van der Waals surface area contributed by atoms with Crippen LogP contribution in [0.15, 0.2) is 24.0 Å². The Morgan fingerprint density at radius 1 is 1.19 bits per heavy atom. The van der Waals surface area contributed by atoms with Gasteiger partial charge >= 0.3 is 0 Å². The van der Waals surface area contributed by atoms with E-state index >= 15 is 0 Å². The van der Waals surface area contributed by atoms with E-state index in [2.05, 4.69) is 19.9 Å². The quantitative estimate of drug-likeness (QED) is 0.405. The zero-order valence-electron chi connectivity index (χ0n) is 19.6. The molecule has 0 radical (unpaired) electrons. The molecule has 1 heterocycles. The predicted octanol–water partition coefficient (Wildman–Crippen LogP) is 4.54. The number of hydrogen-bond donors (Lipinski definition) is 1. The summed E-state index contributed by atoms with van der Waals surface area (Å²) in [5.74, 6) is 0.726. The van der Waals surface area contributed by atoms with E-state index in [0.29, 0.717) is 17.8 Å². The van der Waals surface area contributed by atoms with Crippen LogP contribution < -0.4 is 0 Å². The van der Waals surface area contributed by atoms with Crippen molar-refractivity contribution in [3.8, 4) is 0 Å². The summed E-state index contributed by atoms with van der Waals surface area (Å²) in [7, 11) is 1.56. The van der Waals surface area contributed by atoms with E-state index in [-0.39, 0.29) is 28.8 Å². The van der Waals surface area contributed by atoms with Gasteiger partial charge in [-0.25, -0.2) is 0 Å². The summed E-state index contributed by atoms with van der Waals surface area (Å²) in [6.07, 6.45) is 11.8. The van der Waals surface area contributed by atoms with Crippen LogP contribution in [0.1, 0.15) is 72.6 Å². The number of carbonyl (C=O) groups excluding carboxylic acids is 1. The second kappa shape index (κ2) is 6.91. The van der Waals surface area contributed by atoms with Crippen LogP contribution >= 0.6 is 0 Å². The first kappa shape index (κ1) is 21.7. The van der Waals surface area contributed by atoms with E-state index in [4.69, 9.17) is 14.2 Å². The first-order valence-electron chi connectivity index (χ1n) is 12.1. The Kier molecular flexibility index (Phi) is 4.83. The highest BCUT2D eigenvalue weighted by atomic mass is 16.8. The minimum absolute atomic E-state index is 0.0209. The van der Waals surface area contributed by atoms with E-state index in [9.17, 15) is 9.90 Å². The van der Waals surface area contributed by atoms with Crippen molar-refractivity contribution in [2.24, 2.45) is 28.6 Å². The Hall–Kier alpha value is -1.17. The molecule has 5 nitrogen and oxygen atoms in total. The second-order valence-corrected chi connectivity index (χ2v) is 11.6. The van der Waals surface area contributed by atoms with Crippen molar-refractivity contribution in [3.05, 3.63) is 24.0 Å². The summed E-state index contributed by atoms with van der Waals surface area (Å²) < 4.78 is 18.1. The van der Waals surface area contributed by atoms with Gasteiger partial charge in [0.15, 0.2) is 17.2 Å². The molecule has 5 heteroatoms. The molecule has 4 aliphatic carbocycles. The van der Waals surface area contributed by atoms with E-state index in [0.717, 1.165) is 44.9 Å². The van der Waals surface area contributed by atoms with E-state index < -0.39 is 11.4 Å². The van der Waals surface area contributed by atoms with Gasteiger partial charge in [-0.2, -0.15) is 0 Å². The van der Waals surface area contributed by atoms with Crippen molar-refractivity contribution in [1.82, 2.24) is 0 Å². The van der Waals surface area contributed by atoms with E-state index in [1.54, 1.807) is 13.2 Å². The third-order valence-electron chi connectivity index (χ3n) is 9.79. The normalized spacial score (nSPS) is 50.3. The molecule has 7 unspecified atom stereocenters. The lowest BCUT2D eigenvalue weighted by molar-refractivity contribution is -0.212. The molecule has 31 heavy (non-hydrogen) atoms. The first-order valence-corrected chi connectivity index (χ1v) is 12.1. The average Bonchev–Trinajstić information content (AvgIpc) is 3.12. The highest BCUT2D eigenvalue weighted by molar-refractivity contribution is 5.99. The fraction of sp³-hybridized carbons (Fsp3) is 0.808. The minimum atomic E-state index is -0.950. The largest absolute Gasteiger partial charge is 0.504 e. The number of aliphatic hydroxyl groups excluding tert-OH is 1. The lowest BCUT2D eigenvalue weighted by Gasteiger charge is -2.59. The second-order valence-electron chi connectivity index (χ2n) is 11.6. The first-order chi connectivity index (χ1) is 14.6. The zero-order chi connectivity index (χ0) is 22.2. The van der Waals surface area contributed by atoms with E-state index in [1.807, 2.05) is 13.8 Å². The maximum Gasteiger partial charge on any atom is 0.193 e. The summed E-state index contributed by atoms with van der Waals surface area (Å²) in [6.45, 7) is 8.56. The van der Waals surface area contributed by atoms with Crippen LogP contribution in [-0.4, -0.2) is 41.6 Å². The molecule has 1 N–H and O–H groups in total. The fourth-order valence-electron chi connectivity index (χ4n) is 8.43. The topological polar surface area (TPSA) is 65.0 Å². The van der Waals surface area contributed by atoms with Crippen molar-refractivity contribution in [1.29, 1.82) is 0 Å². The predicted molar refractivity (Wildman–Crippen MR) is 117 cm³/mol. The highest BCUT2D eigenvalue weighted by Crippen LogP contribution is 2.70. The highest BCUT2D eigenvalue weighted by Gasteiger charge is 2.75. The summed E-state index contributed by atoms with van der Waals surface area (Å²) in [6, 6.07) is 0. The van der Waals surface area contributed by atoms with Gasteiger partial charge in [0.05, 0.1) is 25.6 Å². The lowest BCUT2D eigenvalue weighted by atomic mass is 9.46. The molecule has 0 aromatic carbocycles. The van der Waals surface area contributed by atoms with Gasteiger partial charge in [-0.15, -0.1) is 0 Å². The molecule has 1 aliphatic heterocycles. The Morgan fingerprint density at radius 3 is 2.71 bits per heavy atom. The number of methoxy groups -OCH3 is 1. The van der Waals surface area contributed by atoms with Crippen molar-refractivity contribution < 1.29 is 24.1 Å². The Labute approximate surface area is 186 Å². The Balaban J connectivity index is 1.54. The van der Waals surface area contributed by atoms with Crippen LogP contribution in [0.25, 0.3) is 0 Å². The number of hydrogen-bond acceptors (Lipinski definition) is 5. The van der Waals surface area contributed by atoms with Gasteiger partial charge < -0.3 is 19.3 Å². The lowest BCUT2D eigenvalue weighted by Crippen LogP contribution is -2.60. The maximum absolute atomic E-state index is 13.6. The van der Waals surface area contributed by atoms with Crippen LogP contribution in [0.2, 0.25) is 0 Å². The third-order valence-corrected chi connectivity index (χ3v) is 9.79. The summed E-state index contributed by atoms with van der Waals surface area (Å²) in [4.78, 5) is 13.6. The molecule has 5 rings (SSSR count). The number of fused-ring (bicyclic) bond motifs is 7. The summed E-state index contributed by atoms with van der Waals surface area (Å²) in [5, 5.41) is 10.2. The number of rotatable bonds is 3. The number of carbonyl (C=O) groups is 1. The fourth-order valence-corrected chi connectivity index (χ4v) is 8.43. The summed E-state index contributed by atoms with van der Waals surface area (Å²) >= 11 is 0. The van der Waals surface area contributed by atoms with Crippen LogP contribution in [0.5, 0.6) is 0 Å². The zero-order valence-corrected chi connectivity index (χ0v) is 19.6. The number of ketones is 1. The third kappa shape index (κ3) is 2.82. The molecule has 4 fully saturated rings. The monoisotopic (exact) mass is 430 g/mol. The van der Waals surface area contributed by atoms with Gasteiger partial charge in [-0.3, -0.25) is 4.79 Å². The molecule has 0 spiro atoms. The smallest absolute Gasteiger partial charge is 0.193 e. The molecule has 8 atom stereocenters. The molecule has 0 amide bonds. The summed E-state index contributed by atoms with van der Waals surface area (Å²) in [5.41, 5.74) is 0.429. The van der Waals surface area contributed by atoms with Gasteiger partial charge in [0, 0.05) is 11.5 Å². The standard InChI is InChI=1S/C26H38O5/c1-23(2)30-22-15-20-18-7-6-16-14-17(27)8-11-24(16,3)19(18)9-12-25(20,4)26(22,31-23)21(28)10-13-29-5/h6,10,13,17-20,22,27H,7-9,11-12,14-15H2,1-5H3/b13-10+/t17?,18?,19?,20?,22?,24?,25?,26-/m1/s1. The Bertz CT molecular complexity index is 830. The Morgan fingerprint density at radius 2 is 1.97 bits per heavy atom. The molecule has 0 bridgehead atoms. The number of ether oxygens (including phenoxy) is 3. The van der Waals surface area contributed by atoms with Gasteiger partial charge in [0.25, 0.3) is 0 Å². The van der Waals surface area contributed by atoms with Crippen LogP contribution in [0, 0.1) is 28.6 Å². The minimum Gasteiger partial charge on any atom is -0.504 e. The molecule has 172 valence electrons. The molecular formula is C26H38O5. The average molecular weight is 431 g/mol. The van der Waals surface area contributed by atoms with E-state index in [1.165, 1.54) is 11.8 Å². The SMILES string of the molecule is CO/C=C/C(=O)[C@@]12OC(C)(C)OC1CC1C3CC=C4CC(O)CCC4(C)C3CCC12C. The van der Waals surface area contributed by atoms with Crippen molar-refractivity contribution in [3.63, 3.8) is 0 Å². The molecule has 5 aliphatic rings. The number of allylic oxidation sites excluding steroid dienone is 1. The molecule has 1 saturated heterocycles.